The van der Waals surface area contributed by atoms with E-state index in [0.29, 0.717) is 5.69 Å². The summed E-state index contributed by atoms with van der Waals surface area (Å²) in [4.78, 5) is 0. The first-order valence-corrected chi connectivity index (χ1v) is 10.3. The molecule has 2 aromatic heterocycles. The van der Waals surface area contributed by atoms with Crippen LogP contribution < -0.4 is 4.57 Å². The predicted octanol–water partition coefficient (Wildman–Crippen LogP) is 2.83. The summed E-state index contributed by atoms with van der Waals surface area (Å²) in [7, 11) is 0.311. The van der Waals surface area contributed by atoms with Crippen LogP contribution in [0.25, 0.3) is 21.1 Å². The van der Waals surface area contributed by atoms with Gasteiger partial charge in [0.1, 0.15) is 17.0 Å². The molecule has 0 fully saturated rings. The van der Waals surface area contributed by atoms with Crippen molar-refractivity contribution in [2.75, 3.05) is 7.11 Å². The Labute approximate surface area is 170 Å². The van der Waals surface area contributed by atoms with E-state index in [-0.39, 0.29) is 5.75 Å². The van der Waals surface area contributed by atoms with Gasteiger partial charge in [0.2, 0.25) is 10.4 Å². The van der Waals surface area contributed by atoms with Crippen LogP contribution in [-0.4, -0.2) is 35.0 Å². The fourth-order valence-corrected chi connectivity index (χ4v) is 3.49. The molecule has 0 aliphatic carbocycles. The second kappa shape index (κ2) is 8.21. The van der Waals surface area contributed by atoms with E-state index in [1.807, 2.05) is 29.5 Å². The number of nitrogens with zero attached hydrogens (tertiary/aromatic N) is 5. The van der Waals surface area contributed by atoms with E-state index in [9.17, 15) is 18.1 Å². The molecule has 0 aliphatic rings. The van der Waals surface area contributed by atoms with Crippen molar-refractivity contribution in [3.8, 4) is 5.75 Å². The van der Waals surface area contributed by atoms with Crippen molar-refractivity contribution in [1.82, 2.24) is 9.78 Å². The molecule has 0 saturated heterocycles. The molecular weight excluding hydrogens is 418 g/mol. The topological polar surface area (TPSA) is 133 Å². The number of aromatic nitrogens is 3. The molecule has 0 aliphatic heterocycles. The molecule has 2 aromatic carbocycles. The Hall–Kier alpha value is -2.93. The van der Waals surface area contributed by atoms with Crippen LogP contribution in [0.15, 0.2) is 52.8 Å². The number of aryl methyl sites for hydroxylation is 2. The SMILES string of the molecule is COS(=O)(=O)[O-].Cn1ncc2cc3sc(/N=N/c4ccc(O)cc4)[n+](C)c3cc21. The van der Waals surface area contributed by atoms with Crippen molar-refractivity contribution in [2.45, 2.75) is 0 Å². The molecule has 0 bridgehead atoms. The molecule has 2 heterocycles. The van der Waals surface area contributed by atoms with Crippen LogP contribution in [0.2, 0.25) is 0 Å². The molecule has 0 saturated carbocycles. The Morgan fingerprint density at radius 3 is 2.52 bits per heavy atom. The highest BCUT2D eigenvalue weighted by molar-refractivity contribution is 7.80. The van der Waals surface area contributed by atoms with E-state index in [2.05, 4.69) is 31.6 Å². The summed E-state index contributed by atoms with van der Waals surface area (Å²) < 4.78 is 36.1. The monoisotopic (exact) mass is 435 g/mol. The summed E-state index contributed by atoms with van der Waals surface area (Å²) in [5.74, 6) is 0.219. The van der Waals surface area contributed by atoms with Gasteiger partial charge in [0.15, 0.2) is 0 Å². The van der Waals surface area contributed by atoms with E-state index in [4.69, 9.17) is 0 Å². The summed E-state index contributed by atoms with van der Waals surface area (Å²) >= 11 is 1.59. The van der Waals surface area contributed by atoms with Gasteiger partial charge in [-0.25, -0.2) is 13.0 Å². The molecule has 4 aromatic rings. The molecule has 10 nitrogen and oxygen atoms in total. The number of hydrogen-bond acceptors (Lipinski definition) is 9. The highest BCUT2D eigenvalue weighted by atomic mass is 32.3. The molecule has 152 valence electrons. The molecule has 0 unspecified atom stereocenters. The molecule has 0 amide bonds. The number of hydrogen-bond donors (Lipinski definition) is 1. The van der Waals surface area contributed by atoms with Gasteiger partial charge < -0.3 is 9.66 Å². The second-order valence-electron chi connectivity index (χ2n) is 5.88. The van der Waals surface area contributed by atoms with Gasteiger partial charge in [-0.3, -0.25) is 8.86 Å². The van der Waals surface area contributed by atoms with Crippen LogP contribution in [0, 0.1) is 0 Å². The van der Waals surface area contributed by atoms with Crippen molar-refractivity contribution in [3.63, 3.8) is 0 Å². The van der Waals surface area contributed by atoms with Crippen LogP contribution >= 0.6 is 11.3 Å². The van der Waals surface area contributed by atoms with E-state index in [1.165, 1.54) is 0 Å². The Balaban J connectivity index is 0.000000353. The first kappa shape index (κ1) is 20.8. The fourth-order valence-electron chi connectivity index (χ4n) is 2.49. The molecule has 0 spiro atoms. The minimum Gasteiger partial charge on any atom is -0.726 e. The van der Waals surface area contributed by atoms with Crippen LogP contribution in [0.4, 0.5) is 10.8 Å². The Morgan fingerprint density at radius 1 is 1.24 bits per heavy atom. The van der Waals surface area contributed by atoms with Gasteiger partial charge in [0.05, 0.1) is 35.7 Å². The van der Waals surface area contributed by atoms with Crippen molar-refractivity contribution >= 4 is 53.7 Å². The van der Waals surface area contributed by atoms with Crippen LogP contribution in [-0.2, 0) is 28.7 Å². The van der Waals surface area contributed by atoms with Crippen LogP contribution in [0.3, 0.4) is 0 Å². The molecule has 0 atom stereocenters. The molecular formula is C17H17N5O5S2. The maximum absolute atomic E-state index is 9.29. The number of benzene rings is 2. The average molecular weight is 435 g/mol. The molecule has 4 rings (SSSR count). The van der Waals surface area contributed by atoms with Crippen LogP contribution in [0.5, 0.6) is 5.75 Å². The first-order chi connectivity index (χ1) is 13.7. The zero-order valence-electron chi connectivity index (χ0n) is 15.7. The largest absolute Gasteiger partial charge is 0.726 e. The lowest BCUT2D eigenvalue weighted by molar-refractivity contribution is -0.627. The van der Waals surface area contributed by atoms with Crippen molar-refractivity contribution in [3.05, 3.63) is 42.6 Å². The van der Waals surface area contributed by atoms with Gasteiger partial charge in [0, 0.05) is 18.5 Å². The molecule has 0 radical (unpaired) electrons. The maximum atomic E-state index is 9.29. The van der Waals surface area contributed by atoms with E-state index in [1.54, 1.807) is 35.6 Å². The lowest BCUT2D eigenvalue weighted by atomic mass is 10.2. The third-order valence-corrected chi connectivity index (χ3v) is 5.47. The van der Waals surface area contributed by atoms with E-state index < -0.39 is 10.4 Å². The van der Waals surface area contributed by atoms with Crippen LogP contribution in [0.1, 0.15) is 0 Å². The standard InChI is InChI=1S/C16H13N5OS.CH4O4S/c1-20-14-8-13-10(9-17-21(13)2)7-15(14)23-16(20)19-18-11-3-5-12(22)6-4-11;1-5-6(2,3)4/h3-9H,1-2H3;1H3,(H,2,3,4). The molecule has 1 N–H and O–H groups in total. The third-order valence-electron chi connectivity index (χ3n) is 3.98. The predicted molar refractivity (Wildman–Crippen MR) is 106 cm³/mol. The van der Waals surface area contributed by atoms with E-state index >= 15 is 0 Å². The van der Waals surface area contributed by atoms with E-state index in [0.717, 1.165) is 33.4 Å². The summed E-state index contributed by atoms with van der Waals surface area (Å²) in [6.07, 6.45) is 1.87. The zero-order valence-corrected chi connectivity index (χ0v) is 17.3. The normalized spacial score (nSPS) is 11.9. The highest BCUT2D eigenvalue weighted by Gasteiger charge is 2.17. The number of aromatic hydroxyl groups is 1. The Kier molecular flexibility index (Phi) is 5.88. The summed E-state index contributed by atoms with van der Waals surface area (Å²) in [6.45, 7) is 0. The smallest absolute Gasteiger partial charge is 0.409 e. The maximum Gasteiger partial charge on any atom is 0.409 e. The Bertz CT molecular complexity index is 1290. The lowest BCUT2D eigenvalue weighted by Crippen LogP contribution is -2.25. The zero-order chi connectivity index (χ0) is 21.2. The fraction of sp³-hybridized carbons (Fsp3) is 0.176. The average Bonchev–Trinajstić information content (AvgIpc) is 3.20. The number of azo groups is 1. The molecule has 12 heteroatoms. The van der Waals surface area contributed by atoms with Gasteiger partial charge in [0.25, 0.3) is 0 Å². The molecule has 29 heavy (non-hydrogen) atoms. The summed E-state index contributed by atoms with van der Waals surface area (Å²) in [6, 6.07) is 10.9. The quantitative estimate of drug-likeness (QED) is 0.228. The first-order valence-electron chi connectivity index (χ1n) is 8.14. The summed E-state index contributed by atoms with van der Waals surface area (Å²) in [5, 5.41) is 24.1. The van der Waals surface area contributed by atoms with Crippen molar-refractivity contribution in [2.24, 2.45) is 24.3 Å². The number of phenolic OH excluding ortho intramolecular Hbond substituents is 1. The van der Waals surface area contributed by atoms with Gasteiger partial charge in [-0.2, -0.15) is 5.10 Å². The number of fused-ring (bicyclic) bond motifs is 2. The Morgan fingerprint density at radius 2 is 1.90 bits per heavy atom. The minimum absolute atomic E-state index is 0.219. The highest BCUT2D eigenvalue weighted by Crippen LogP contribution is 2.30. The van der Waals surface area contributed by atoms with Crippen molar-refractivity contribution < 1.29 is 26.8 Å². The van der Waals surface area contributed by atoms with Gasteiger partial charge in [-0.05, 0) is 46.8 Å². The van der Waals surface area contributed by atoms with Gasteiger partial charge in [-0.15, -0.1) is 0 Å². The van der Waals surface area contributed by atoms with Crippen molar-refractivity contribution in [1.29, 1.82) is 0 Å². The number of rotatable bonds is 3. The summed E-state index contributed by atoms with van der Waals surface area (Å²) in [5.41, 5.74) is 2.90. The van der Waals surface area contributed by atoms with Gasteiger partial charge in [-0.1, -0.05) is 0 Å². The lowest BCUT2D eigenvalue weighted by Gasteiger charge is -1.98. The third kappa shape index (κ3) is 4.92. The second-order valence-corrected chi connectivity index (χ2v) is 8.04. The number of phenols is 1. The number of thiazole rings is 1. The van der Waals surface area contributed by atoms with Gasteiger partial charge >= 0.3 is 5.13 Å². The minimum atomic E-state index is -4.41.